The largest absolute Gasteiger partial charge is 0.384 e. The monoisotopic (exact) mass is 228 g/mol. The van der Waals surface area contributed by atoms with E-state index in [2.05, 4.69) is 17.5 Å². The molecule has 0 bridgehead atoms. The molecular formula is C15H20N2. The number of benzene rings is 1. The first-order valence-corrected chi connectivity index (χ1v) is 6.54. The third-order valence-electron chi connectivity index (χ3n) is 3.60. The summed E-state index contributed by atoms with van der Waals surface area (Å²) in [6.45, 7) is 3.03. The van der Waals surface area contributed by atoms with Crippen LogP contribution in [-0.2, 0) is 0 Å². The van der Waals surface area contributed by atoms with E-state index in [1.807, 2.05) is 19.1 Å². The van der Waals surface area contributed by atoms with Crippen molar-refractivity contribution in [1.29, 1.82) is 5.26 Å². The van der Waals surface area contributed by atoms with Gasteiger partial charge in [0, 0.05) is 6.54 Å². The number of anilines is 1. The minimum Gasteiger partial charge on any atom is -0.384 e. The summed E-state index contributed by atoms with van der Waals surface area (Å²) < 4.78 is 0. The highest BCUT2D eigenvalue weighted by Crippen LogP contribution is 2.24. The van der Waals surface area contributed by atoms with Gasteiger partial charge in [-0.25, -0.2) is 0 Å². The summed E-state index contributed by atoms with van der Waals surface area (Å²) in [6.07, 6.45) is 6.79. The minimum absolute atomic E-state index is 0.765. The minimum atomic E-state index is 0.765. The van der Waals surface area contributed by atoms with Gasteiger partial charge >= 0.3 is 0 Å². The molecule has 2 rings (SSSR count). The van der Waals surface area contributed by atoms with Crippen molar-refractivity contribution < 1.29 is 0 Å². The zero-order valence-corrected chi connectivity index (χ0v) is 10.5. The Morgan fingerprint density at radius 3 is 2.76 bits per heavy atom. The first-order chi connectivity index (χ1) is 8.29. The van der Waals surface area contributed by atoms with Gasteiger partial charge in [-0.1, -0.05) is 25.3 Å². The molecule has 90 valence electrons. The molecule has 2 nitrogen and oxygen atoms in total. The van der Waals surface area contributed by atoms with E-state index >= 15 is 0 Å². The molecule has 0 aromatic heterocycles. The predicted octanol–water partition coefficient (Wildman–Crippen LogP) is 3.86. The molecule has 0 spiro atoms. The topological polar surface area (TPSA) is 35.8 Å². The van der Waals surface area contributed by atoms with Crippen molar-refractivity contribution in [1.82, 2.24) is 0 Å². The van der Waals surface area contributed by atoms with Crippen molar-refractivity contribution in [3.8, 4) is 6.07 Å². The average molecular weight is 228 g/mol. The molecule has 0 heterocycles. The molecule has 1 saturated carbocycles. The number of nitriles is 1. The lowest BCUT2D eigenvalue weighted by molar-refractivity contribution is 0.373. The summed E-state index contributed by atoms with van der Waals surface area (Å²) in [5.74, 6) is 0.789. The standard InChI is InChI=1S/C15H20N2/c1-12-7-8-15(14(9-12)10-16)17-11-13-5-3-2-4-6-13/h7-9,13,17H,2-6,11H2,1H3. The number of rotatable bonds is 3. The van der Waals surface area contributed by atoms with Crippen LogP contribution in [0.4, 0.5) is 5.69 Å². The van der Waals surface area contributed by atoms with Gasteiger partial charge in [-0.15, -0.1) is 0 Å². The van der Waals surface area contributed by atoms with E-state index in [9.17, 15) is 0 Å². The van der Waals surface area contributed by atoms with Gasteiger partial charge in [0.05, 0.1) is 11.3 Å². The van der Waals surface area contributed by atoms with Gasteiger partial charge < -0.3 is 5.32 Å². The van der Waals surface area contributed by atoms with Gasteiger partial charge in [-0.3, -0.25) is 0 Å². The van der Waals surface area contributed by atoms with Crippen molar-refractivity contribution >= 4 is 5.69 Å². The van der Waals surface area contributed by atoms with Crippen molar-refractivity contribution in [3.05, 3.63) is 29.3 Å². The Balaban J connectivity index is 1.96. The van der Waals surface area contributed by atoms with Crippen LogP contribution in [0.15, 0.2) is 18.2 Å². The zero-order chi connectivity index (χ0) is 12.1. The van der Waals surface area contributed by atoms with Gasteiger partial charge in [0.25, 0.3) is 0 Å². The second kappa shape index (κ2) is 5.72. The third-order valence-corrected chi connectivity index (χ3v) is 3.60. The average Bonchev–Trinajstić information content (AvgIpc) is 2.38. The maximum absolute atomic E-state index is 9.09. The molecule has 0 unspecified atom stereocenters. The van der Waals surface area contributed by atoms with E-state index in [-0.39, 0.29) is 0 Å². The Kier molecular flexibility index (Phi) is 4.03. The number of aryl methyl sites for hydroxylation is 1. The molecule has 17 heavy (non-hydrogen) atoms. The summed E-state index contributed by atoms with van der Waals surface area (Å²) in [7, 11) is 0. The lowest BCUT2D eigenvalue weighted by atomic mass is 9.89. The van der Waals surface area contributed by atoms with Gasteiger partial charge in [0.15, 0.2) is 0 Å². The molecule has 1 N–H and O–H groups in total. The van der Waals surface area contributed by atoms with Crippen molar-refractivity contribution in [2.75, 3.05) is 11.9 Å². The third kappa shape index (κ3) is 3.23. The van der Waals surface area contributed by atoms with Crippen molar-refractivity contribution in [3.63, 3.8) is 0 Å². The van der Waals surface area contributed by atoms with Crippen LogP contribution in [0.25, 0.3) is 0 Å². The van der Waals surface area contributed by atoms with Crippen LogP contribution in [0.1, 0.15) is 43.2 Å². The van der Waals surface area contributed by atoms with Crippen LogP contribution in [-0.4, -0.2) is 6.54 Å². The van der Waals surface area contributed by atoms with Crippen LogP contribution < -0.4 is 5.32 Å². The SMILES string of the molecule is Cc1ccc(NCC2CCCCC2)c(C#N)c1. The fourth-order valence-electron chi connectivity index (χ4n) is 2.55. The summed E-state index contributed by atoms with van der Waals surface area (Å²) in [5, 5.41) is 12.5. The highest BCUT2D eigenvalue weighted by Gasteiger charge is 2.13. The normalized spacial score (nSPS) is 16.5. The number of hydrogen-bond donors (Lipinski definition) is 1. The predicted molar refractivity (Wildman–Crippen MR) is 71.0 cm³/mol. The Bertz CT molecular complexity index is 411. The molecule has 1 fully saturated rings. The molecule has 2 heteroatoms. The Hall–Kier alpha value is -1.49. The summed E-state index contributed by atoms with van der Waals surface area (Å²) in [5.41, 5.74) is 2.90. The summed E-state index contributed by atoms with van der Waals surface area (Å²) >= 11 is 0. The molecule has 0 radical (unpaired) electrons. The van der Waals surface area contributed by atoms with E-state index in [0.29, 0.717) is 0 Å². The van der Waals surface area contributed by atoms with Gasteiger partial charge in [0.2, 0.25) is 0 Å². The number of nitrogens with one attached hydrogen (secondary N) is 1. The Morgan fingerprint density at radius 2 is 2.06 bits per heavy atom. The maximum Gasteiger partial charge on any atom is 0.101 e. The number of nitrogens with zero attached hydrogens (tertiary/aromatic N) is 1. The van der Waals surface area contributed by atoms with Crippen LogP contribution >= 0.6 is 0 Å². The zero-order valence-electron chi connectivity index (χ0n) is 10.5. The van der Waals surface area contributed by atoms with Gasteiger partial charge in [-0.05, 0) is 43.4 Å². The van der Waals surface area contributed by atoms with E-state index in [1.54, 1.807) is 0 Å². The lowest BCUT2D eigenvalue weighted by Crippen LogP contribution is -2.17. The second-order valence-electron chi connectivity index (χ2n) is 5.05. The van der Waals surface area contributed by atoms with E-state index in [0.717, 1.165) is 29.3 Å². The first-order valence-electron chi connectivity index (χ1n) is 6.54. The molecule has 0 aliphatic heterocycles. The van der Waals surface area contributed by atoms with Gasteiger partial charge in [-0.2, -0.15) is 5.26 Å². The Labute approximate surface area is 104 Å². The summed E-state index contributed by atoms with van der Waals surface area (Å²) in [6, 6.07) is 8.29. The smallest absolute Gasteiger partial charge is 0.101 e. The molecule has 0 atom stereocenters. The van der Waals surface area contributed by atoms with Crippen molar-refractivity contribution in [2.24, 2.45) is 5.92 Å². The summed E-state index contributed by atoms with van der Waals surface area (Å²) in [4.78, 5) is 0. The van der Waals surface area contributed by atoms with E-state index in [1.165, 1.54) is 32.1 Å². The van der Waals surface area contributed by atoms with E-state index < -0.39 is 0 Å². The van der Waals surface area contributed by atoms with Gasteiger partial charge in [0.1, 0.15) is 6.07 Å². The van der Waals surface area contributed by atoms with Crippen LogP contribution in [0.5, 0.6) is 0 Å². The molecule has 1 aromatic carbocycles. The lowest BCUT2D eigenvalue weighted by Gasteiger charge is -2.22. The highest BCUT2D eigenvalue weighted by atomic mass is 14.9. The maximum atomic E-state index is 9.09. The van der Waals surface area contributed by atoms with Crippen LogP contribution in [0, 0.1) is 24.2 Å². The van der Waals surface area contributed by atoms with Crippen molar-refractivity contribution in [2.45, 2.75) is 39.0 Å². The van der Waals surface area contributed by atoms with Crippen LogP contribution in [0.3, 0.4) is 0 Å². The second-order valence-corrected chi connectivity index (χ2v) is 5.05. The molecule has 1 aliphatic carbocycles. The fourth-order valence-corrected chi connectivity index (χ4v) is 2.55. The van der Waals surface area contributed by atoms with Crippen LogP contribution in [0.2, 0.25) is 0 Å². The quantitative estimate of drug-likeness (QED) is 0.852. The Morgan fingerprint density at radius 1 is 1.29 bits per heavy atom. The fraction of sp³-hybridized carbons (Fsp3) is 0.533. The molecule has 0 amide bonds. The first kappa shape index (κ1) is 12.0. The molecule has 1 aliphatic rings. The van der Waals surface area contributed by atoms with E-state index in [4.69, 9.17) is 5.26 Å². The number of hydrogen-bond acceptors (Lipinski definition) is 2. The molecule has 0 saturated heterocycles. The highest BCUT2D eigenvalue weighted by molar-refractivity contribution is 5.58. The molecular weight excluding hydrogens is 208 g/mol. The molecule has 1 aromatic rings.